The molecule has 1 atom stereocenters. The van der Waals surface area contributed by atoms with Gasteiger partial charge in [-0.1, -0.05) is 0 Å². The van der Waals surface area contributed by atoms with Gasteiger partial charge in [-0.3, -0.25) is 4.79 Å². The Balaban J connectivity index is 2.00. The zero-order chi connectivity index (χ0) is 9.97. The first kappa shape index (κ1) is 9.21. The number of H-pyrrole nitrogens is 1. The van der Waals surface area contributed by atoms with Gasteiger partial charge in [0.2, 0.25) is 5.91 Å². The SMILES string of the molecule is NC1CCCN(Cc2ncc[nH]2)C1=O. The van der Waals surface area contributed by atoms with Crippen LogP contribution in [0.3, 0.4) is 0 Å². The van der Waals surface area contributed by atoms with Crippen molar-refractivity contribution in [3.05, 3.63) is 18.2 Å². The van der Waals surface area contributed by atoms with E-state index in [1.54, 1.807) is 17.3 Å². The van der Waals surface area contributed by atoms with Crippen LogP contribution in [0.1, 0.15) is 18.7 Å². The average molecular weight is 194 g/mol. The fourth-order valence-electron chi connectivity index (χ4n) is 1.69. The Kier molecular flexibility index (Phi) is 2.49. The van der Waals surface area contributed by atoms with Crippen LogP contribution in [0.25, 0.3) is 0 Å². The van der Waals surface area contributed by atoms with Crippen molar-refractivity contribution in [3.63, 3.8) is 0 Å². The highest BCUT2D eigenvalue weighted by Crippen LogP contribution is 2.11. The lowest BCUT2D eigenvalue weighted by Gasteiger charge is -2.29. The number of aromatic nitrogens is 2. The number of nitrogens with one attached hydrogen (secondary N) is 1. The summed E-state index contributed by atoms with van der Waals surface area (Å²) in [6, 6.07) is -0.321. The molecule has 1 aliphatic rings. The molecule has 2 heterocycles. The topological polar surface area (TPSA) is 75.0 Å². The quantitative estimate of drug-likeness (QED) is 0.688. The molecular weight excluding hydrogens is 180 g/mol. The number of rotatable bonds is 2. The molecule has 1 unspecified atom stereocenters. The molecule has 0 radical (unpaired) electrons. The van der Waals surface area contributed by atoms with Crippen molar-refractivity contribution < 1.29 is 4.79 Å². The lowest BCUT2D eigenvalue weighted by Crippen LogP contribution is -2.47. The minimum Gasteiger partial charge on any atom is -0.347 e. The maximum Gasteiger partial charge on any atom is 0.239 e. The fraction of sp³-hybridized carbons (Fsp3) is 0.556. The Hall–Kier alpha value is -1.36. The van der Waals surface area contributed by atoms with E-state index in [2.05, 4.69) is 9.97 Å². The molecule has 0 saturated carbocycles. The molecule has 1 aromatic rings. The van der Waals surface area contributed by atoms with E-state index in [9.17, 15) is 4.79 Å². The minimum atomic E-state index is -0.321. The summed E-state index contributed by atoms with van der Waals surface area (Å²) in [4.78, 5) is 20.4. The second kappa shape index (κ2) is 3.79. The predicted molar refractivity (Wildman–Crippen MR) is 51.2 cm³/mol. The molecule has 2 rings (SSSR count). The first-order valence-electron chi connectivity index (χ1n) is 4.80. The van der Waals surface area contributed by atoms with Crippen LogP contribution in [0.2, 0.25) is 0 Å². The number of imidazole rings is 1. The van der Waals surface area contributed by atoms with E-state index in [-0.39, 0.29) is 11.9 Å². The van der Waals surface area contributed by atoms with E-state index in [0.29, 0.717) is 6.54 Å². The Bertz CT molecular complexity index is 309. The fourth-order valence-corrected chi connectivity index (χ4v) is 1.69. The molecule has 14 heavy (non-hydrogen) atoms. The molecule has 1 fully saturated rings. The molecule has 0 aromatic carbocycles. The van der Waals surface area contributed by atoms with Crippen LogP contribution < -0.4 is 5.73 Å². The summed E-state index contributed by atoms with van der Waals surface area (Å²) in [5.74, 6) is 0.847. The maximum absolute atomic E-state index is 11.6. The number of amides is 1. The number of hydrogen-bond donors (Lipinski definition) is 2. The lowest BCUT2D eigenvalue weighted by atomic mass is 10.1. The molecule has 76 valence electrons. The van der Waals surface area contributed by atoms with E-state index in [1.165, 1.54) is 0 Å². The van der Waals surface area contributed by atoms with Gasteiger partial charge in [0.25, 0.3) is 0 Å². The first-order chi connectivity index (χ1) is 6.77. The number of carbonyl (C=O) groups excluding carboxylic acids is 1. The number of nitrogens with two attached hydrogens (primary N) is 1. The van der Waals surface area contributed by atoms with Crippen LogP contribution in [0.5, 0.6) is 0 Å². The van der Waals surface area contributed by atoms with Gasteiger partial charge in [-0.05, 0) is 12.8 Å². The van der Waals surface area contributed by atoms with Gasteiger partial charge in [0.15, 0.2) is 0 Å². The summed E-state index contributed by atoms with van der Waals surface area (Å²) in [5, 5.41) is 0. The molecule has 5 heteroatoms. The summed E-state index contributed by atoms with van der Waals surface area (Å²) < 4.78 is 0. The summed E-state index contributed by atoms with van der Waals surface area (Å²) in [6.07, 6.45) is 5.22. The van der Waals surface area contributed by atoms with Gasteiger partial charge in [-0.25, -0.2) is 4.98 Å². The third-order valence-electron chi connectivity index (χ3n) is 2.47. The number of hydrogen-bond acceptors (Lipinski definition) is 3. The van der Waals surface area contributed by atoms with E-state index in [1.807, 2.05) is 0 Å². The summed E-state index contributed by atoms with van der Waals surface area (Å²) in [7, 11) is 0. The molecule has 3 N–H and O–H groups in total. The summed E-state index contributed by atoms with van der Waals surface area (Å²) >= 11 is 0. The normalized spacial score (nSPS) is 22.8. The standard InChI is InChI=1S/C9H14N4O/c10-7-2-1-5-13(9(7)14)6-8-11-3-4-12-8/h3-4,7H,1-2,5-6,10H2,(H,11,12). The number of piperidine rings is 1. The lowest BCUT2D eigenvalue weighted by molar-refractivity contribution is -0.135. The average Bonchev–Trinajstić information content (AvgIpc) is 2.66. The van der Waals surface area contributed by atoms with Gasteiger partial charge >= 0.3 is 0 Å². The second-order valence-electron chi connectivity index (χ2n) is 3.54. The van der Waals surface area contributed by atoms with Gasteiger partial charge in [0.1, 0.15) is 5.82 Å². The molecule has 1 amide bonds. The third kappa shape index (κ3) is 1.77. The van der Waals surface area contributed by atoms with E-state index in [4.69, 9.17) is 5.73 Å². The number of carbonyl (C=O) groups is 1. The van der Waals surface area contributed by atoms with Crippen molar-refractivity contribution in [1.29, 1.82) is 0 Å². The Morgan fingerprint density at radius 2 is 2.57 bits per heavy atom. The number of likely N-dealkylation sites (tertiary alicyclic amines) is 1. The van der Waals surface area contributed by atoms with E-state index in [0.717, 1.165) is 25.2 Å². The zero-order valence-corrected chi connectivity index (χ0v) is 7.94. The third-order valence-corrected chi connectivity index (χ3v) is 2.47. The molecule has 5 nitrogen and oxygen atoms in total. The van der Waals surface area contributed by atoms with Gasteiger partial charge < -0.3 is 15.6 Å². The van der Waals surface area contributed by atoms with Gasteiger partial charge in [0.05, 0.1) is 12.6 Å². The Morgan fingerprint density at radius 3 is 3.29 bits per heavy atom. The van der Waals surface area contributed by atoms with Gasteiger partial charge in [0, 0.05) is 18.9 Å². The van der Waals surface area contributed by atoms with Crippen LogP contribution in [0, 0.1) is 0 Å². The van der Waals surface area contributed by atoms with Gasteiger partial charge in [-0.15, -0.1) is 0 Å². The maximum atomic E-state index is 11.6. The van der Waals surface area contributed by atoms with Crippen LogP contribution in [-0.4, -0.2) is 33.4 Å². The number of nitrogens with zero attached hydrogens (tertiary/aromatic N) is 2. The van der Waals surface area contributed by atoms with Crippen LogP contribution in [0.4, 0.5) is 0 Å². The smallest absolute Gasteiger partial charge is 0.239 e. The van der Waals surface area contributed by atoms with Crippen molar-refractivity contribution in [2.24, 2.45) is 5.73 Å². The Morgan fingerprint density at radius 1 is 1.71 bits per heavy atom. The molecule has 1 aliphatic heterocycles. The van der Waals surface area contributed by atoms with Crippen molar-refractivity contribution in [2.45, 2.75) is 25.4 Å². The van der Waals surface area contributed by atoms with Crippen LogP contribution >= 0.6 is 0 Å². The van der Waals surface area contributed by atoms with Gasteiger partial charge in [-0.2, -0.15) is 0 Å². The molecule has 1 saturated heterocycles. The second-order valence-corrected chi connectivity index (χ2v) is 3.54. The highest BCUT2D eigenvalue weighted by molar-refractivity contribution is 5.82. The minimum absolute atomic E-state index is 0.0349. The molecule has 0 bridgehead atoms. The molecule has 0 aliphatic carbocycles. The van der Waals surface area contributed by atoms with E-state index >= 15 is 0 Å². The predicted octanol–water partition coefficient (Wildman–Crippen LogP) is -0.141. The summed E-state index contributed by atoms with van der Waals surface area (Å²) in [6.45, 7) is 1.33. The van der Waals surface area contributed by atoms with Crippen LogP contribution in [-0.2, 0) is 11.3 Å². The van der Waals surface area contributed by atoms with Crippen molar-refractivity contribution in [2.75, 3.05) is 6.54 Å². The van der Waals surface area contributed by atoms with Crippen molar-refractivity contribution in [3.8, 4) is 0 Å². The molecule has 1 aromatic heterocycles. The number of aromatic amines is 1. The first-order valence-corrected chi connectivity index (χ1v) is 4.80. The molecular formula is C9H14N4O. The van der Waals surface area contributed by atoms with Crippen LogP contribution in [0.15, 0.2) is 12.4 Å². The van der Waals surface area contributed by atoms with Crippen molar-refractivity contribution in [1.82, 2.24) is 14.9 Å². The highest BCUT2D eigenvalue weighted by Gasteiger charge is 2.25. The highest BCUT2D eigenvalue weighted by atomic mass is 16.2. The van der Waals surface area contributed by atoms with Crippen molar-refractivity contribution >= 4 is 5.91 Å². The summed E-state index contributed by atoms with van der Waals surface area (Å²) in [5.41, 5.74) is 5.68. The molecule has 0 spiro atoms. The van der Waals surface area contributed by atoms with E-state index < -0.39 is 0 Å². The largest absolute Gasteiger partial charge is 0.347 e. The zero-order valence-electron chi connectivity index (χ0n) is 7.94. The Labute approximate surface area is 82.3 Å². The monoisotopic (exact) mass is 194 g/mol.